The number of halogens is 1. The fourth-order valence-electron chi connectivity index (χ4n) is 0.850. The molecule has 1 heterocycles. The van der Waals surface area contributed by atoms with Gasteiger partial charge in [-0.3, -0.25) is 4.68 Å². The lowest BCUT2D eigenvalue weighted by molar-refractivity contribution is 0.572. The largest absolute Gasteiger partial charge is 0.310 e. The summed E-state index contributed by atoms with van der Waals surface area (Å²) < 4.78 is 1.87. The van der Waals surface area contributed by atoms with Gasteiger partial charge in [0.2, 0.25) is 0 Å². The average molecular weight is 186 g/mol. The summed E-state index contributed by atoms with van der Waals surface area (Å²) in [6.07, 6.45) is 3.69. The van der Waals surface area contributed by atoms with E-state index in [-0.39, 0.29) is 0 Å². The molecule has 4 heteroatoms. The Morgan fingerprint density at radius 2 is 2.50 bits per heavy atom. The number of hydrogen-bond acceptors (Lipinski definition) is 2. The Balaban J connectivity index is 2.07. The van der Waals surface area contributed by atoms with Crippen LogP contribution in [-0.4, -0.2) is 22.9 Å². The second kappa shape index (κ2) is 4.95. The van der Waals surface area contributed by atoms with Crippen molar-refractivity contribution in [3.8, 4) is 0 Å². The zero-order chi connectivity index (χ0) is 8.81. The standard InChI is InChI=1S/C8H12ClN3/c1-8(9)7-10-4-6-12-5-2-3-11-12/h2-3,5,10H,1,4,6-7H2. The molecular formula is C8H12ClN3. The van der Waals surface area contributed by atoms with E-state index in [4.69, 9.17) is 11.6 Å². The third kappa shape index (κ3) is 3.55. The Bertz CT molecular complexity index is 230. The monoisotopic (exact) mass is 185 g/mol. The van der Waals surface area contributed by atoms with Gasteiger partial charge >= 0.3 is 0 Å². The highest BCUT2D eigenvalue weighted by Gasteiger charge is 1.90. The summed E-state index contributed by atoms with van der Waals surface area (Å²) in [7, 11) is 0. The molecule has 1 aromatic heterocycles. The maximum Gasteiger partial charge on any atom is 0.0534 e. The number of nitrogens with one attached hydrogen (secondary N) is 1. The fraction of sp³-hybridized carbons (Fsp3) is 0.375. The van der Waals surface area contributed by atoms with E-state index in [1.807, 2.05) is 16.9 Å². The van der Waals surface area contributed by atoms with Crippen molar-refractivity contribution in [2.45, 2.75) is 6.54 Å². The Morgan fingerprint density at radius 3 is 3.08 bits per heavy atom. The van der Waals surface area contributed by atoms with Gasteiger partial charge in [0, 0.05) is 30.5 Å². The molecule has 1 aromatic rings. The van der Waals surface area contributed by atoms with E-state index in [0.29, 0.717) is 11.6 Å². The van der Waals surface area contributed by atoms with Crippen molar-refractivity contribution in [1.29, 1.82) is 0 Å². The smallest absolute Gasteiger partial charge is 0.0534 e. The Labute approximate surface area is 77.0 Å². The van der Waals surface area contributed by atoms with Crippen molar-refractivity contribution >= 4 is 11.6 Å². The van der Waals surface area contributed by atoms with E-state index in [1.54, 1.807) is 6.20 Å². The molecule has 0 saturated heterocycles. The minimum atomic E-state index is 0.635. The third-order valence-corrected chi connectivity index (χ3v) is 1.53. The zero-order valence-electron chi connectivity index (χ0n) is 6.83. The first-order valence-electron chi connectivity index (χ1n) is 3.80. The van der Waals surface area contributed by atoms with Gasteiger partial charge in [-0.2, -0.15) is 5.10 Å². The minimum absolute atomic E-state index is 0.635. The minimum Gasteiger partial charge on any atom is -0.310 e. The summed E-state index contributed by atoms with van der Waals surface area (Å²) in [6.45, 7) is 5.94. The van der Waals surface area contributed by atoms with Crippen molar-refractivity contribution < 1.29 is 0 Å². The molecule has 0 radical (unpaired) electrons. The second-order valence-electron chi connectivity index (χ2n) is 2.46. The van der Waals surface area contributed by atoms with Crippen LogP contribution in [0.15, 0.2) is 30.1 Å². The SMILES string of the molecule is C=C(Cl)CNCCn1cccn1. The van der Waals surface area contributed by atoms with E-state index in [9.17, 15) is 0 Å². The highest BCUT2D eigenvalue weighted by Crippen LogP contribution is 1.91. The van der Waals surface area contributed by atoms with Crippen LogP contribution in [0.3, 0.4) is 0 Å². The molecule has 0 unspecified atom stereocenters. The molecule has 0 aromatic carbocycles. The first kappa shape index (κ1) is 9.29. The molecule has 0 spiro atoms. The molecule has 0 aliphatic heterocycles. The fourth-order valence-corrected chi connectivity index (χ4v) is 0.945. The van der Waals surface area contributed by atoms with Gasteiger partial charge in [0.1, 0.15) is 0 Å². The van der Waals surface area contributed by atoms with E-state index in [2.05, 4.69) is 17.0 Å². The van der Waals surface area contributed by atoms with Crippen molar-refractivity contribution in [2.24, 2.45) is 0 Å². The van der Waals surface area contributed by atoms with Crippen LogP contribution in [-0.2, 0) is 6.54 Å². The van der Waals surface area contributed by atoms with Crippen molar-refractivity contribution in [3.63, 3.8) is 0 Å². The average Bonchev–Trinajstić information content (AvgIpc) is 2.49. The van der Waals surface area contributed by atoms with Crippen LogP contribution in [0.1, 0.15) is 0 Å². The normalized spacial score (nSPS) is 10.1. The van der Waals surface area contributed by atoms with Crippen LogP contribution < -0.4 is 5.32 Å². The van der Waals surface area contributed by atoms with Crippen LogP contribution in [0.5, 0.6) is 0 Å². The van der Waals surface area contributed by atoms with Crippen molar-refractivity contribution in [2.75, 3.05) is 13.1 Å². The maximum atomic E-state index is 5.56. The number of rotatable bonds is 5. The van der Waals surface area contributed by atoms with Crippen LogP contribution >= 0.6 is 11.6 Å². The van der Waals surface area contributed by atoms with Gasteiger partial charge in [0.05, 0.1) is 6.54 Å². The van der Waals surface area contributed by atoms with E-state index in [0.717, 1.165) is 13.1 Å². The Morgan fingerprint density at radius 1 is 1.67 bits per heavy atom. The predicted molar refractivity (Wildman–Crippen MR) is 50.1 cm³/mol. The highest BCUT2D eigenvalue weighted by atomic mass is 35.5. The van der Waals surface area contributed by atoms with Crippen LogP contribution in [0.2, 0.25) is 0 Å². The molecule has 0 atom stereocenters. The van der Waals surface area contributed by atoms with Gasteiger partial charge in [-0.1, -0.05) is 18.2 Å². The first-order chi connectivity index (χ1) is 5.79. The summed E-state index contributed by atoms with van der Waals surface area (Å²) in [5.74, 6) is 0. The summed E-state index contributed by atoms with van der Waals surface area (Å²) in [5, 5.41) is 7.82. The predicted octanol–water partition coefficient (Wildman–Crippen LogP) is 1.23. The summed E-state index contributed by atoms with van der Waals surface area (Å²) >= 11 is 5.56. The lowest BCUT2D eigenvalue weighted by Crippen LogP contribution is -2.21. The first-order valence-corrected chi connectivity index (χ1v) is 4.18. The third-order valence-electron chi connectivity index (χ3n) is 1.39. The van der Waals surface area contributed by atoms with Crippen LogP contribution in [0, 0.1) is 0 Å². The Hall–Kier alpha value is -0.800. The molecule has 3 nitrogen and oxygen atoms in total. The quantitative estimate of drug-likeness (QED) is 0.700. The van der Waals surface area contributed by atoms with E-state index < -0.39 is 0 Å². The molecule has 1 rings (SSSR count). The molecule has 0 fully saturated rings. The maximum absolute atomic E-state index is 5.56. The van der Waals surface area contributed by atoms with Crippen LogP contribution in [0.25, 0.3) is 0 Å². The zero-order valence-corrected chi connectivity index (χ0v) is 7.59. The lowest BCUT2D eigenvalue weighted by Gasteiger charge is -2.02. The molecule has 0 bridgehead atoms. The molecule has 0 amide bonds. The van der Waals surface area contributed by atoms with Gasteiger partial charge in [0.15, 0.2) is 0 Å². The number of nitrogens with zero attached hydrogens (tertiary/aromatic N) is 2. The van der Waals surface area contributed by atoms with Gasteiger partial charge in [-0.25, -0.2) is 0 Å². The topological polar surface area (TPSA) is 29.9 Å². The summed E-state index contributed by atoms with van der Waals surface area (Å²) in [6, 6.07) is 1.90. The number of aromatic nitrogens is 2. The summed E-state index contributed by atoms with van der Waals surface area (Å²) in [4.78, 5) is 0. The van der Waals surface area contributed by atoms with Gasteiger partial charge in [-0.15, -0.1) is 0 Å². The highest BCUT2D eigenvalue weighted by molar-refractivity contribution is 6.29. The van der Waals surface area contributed by atoms with E-state index >= 15 is 0 Å². The molecular weight excluding hydrogens is 174 g/mol. The van der Waals surface area contributed by atoms with E-state index in [1.165, 1.54) is 0 Å². The molecule has 66 valence electrons. The van der Waals surface area contributed by atoms with Crippen molar-refractivity contribution in [1.82, 2.24) is 15.1 Å². The molecule has 0 saturated carbocycles. The van der Waals surface area contributed by atoms with Gasteiger partial charge in [-0.05, 0) is 6.07 Å². The number of hydrogen-bond donors (Lipinski definition) is 1. The second-order valence-corrected chi connectivity index (χ2v) is 3.00. The molecule has 0 aliphatic rings. The lowest BCUT2D eigenvalue weighted by atomic mass is 10.5. The molecule has 0 aliphatic carbocycles. The molecule has 1 N–H and O–H groups in total. The van der Waals surface area contributed by atoms with Gasteiger partial charge < -0.3 is 5.32 Å². The van der Waals surface area contributed by atoms with Crippen molar-refractivity contribution in [3.05, 3.63) is 30.1 Å². The Kier molecular flexibility index (Phi) is 3.84. The van der Waals surface area contributed by atoms with Crippen LogP contribution in [0.4, 0.5) is 0 Å². The summed E-state index contributed by atoms with van der Waals surface area (Å²) in [5.41, 5.74) is 0. The molecule has 12 heavy (non-hydrogen) atoms. The van der Waals surface area contributed by atoms with Gasteiger partial charge in [0.25, 0.3) is 0 Å².